The first-order chi connectivity index (χ1) is 13.9. The molecule has 5 rings (SSSR count). The Labute approximate surface area is 164 Å². The third-order valence-electron chi connectivity index (χ3n) is 5.90. The zero-order chi connectivity index (χ0) is 20.2. The molecule has 1 saturated heterocycles. The number of hydrogen-bond donors (Lipinski definition) is 1. The predicted molar refractivity (Wildman–Crippen MR) is 99.4 cm³/mol. The van der Waals surface area contributed by atoms with Crippen molar-refractivity contribution in [3.05, 3.63) is 59.9 Å². The first-order valence-electron chi connectivity index (χ1n) is 9.43. The van der Waals surface area contributed by atoms with Gasteiger partial charge in [0.2, 0.25) is 5.88 Å². The van der Waals surface area contributed by atoms with E-state index in [4.69, 9.17) is 4.74 Å². The normalized spacial score (nSPS) is 23.3. The van der Waals surface area contributed by atoms with Crippen molar-refractivity contribution in [2.24, 2.45) is 17.8 Å². The smallest absolute Gasteiger partial charge is 0.433 e. The fourth-order valence-corrected chi connectivity index (χ4v) is 4.26. The van der Waals surface area contributed by atoms with Crippen LogP contribution in [0, 0.1) is 17.8 Å². The maximum Gasteiger partial charge on any atom is 0.433 e. The highest BCUT2D eigenvalue weighted by Gasteiger charge is 2.56. The quantitative estimate of drug-likeness (QED) is 0.720. The molecule has 0 radical (unpaired) electrons. The van der Waals surface area contributed by atoms with Crippen molar-refractivity contribution >= 4 is 16.8 Å². The van der Waals surface area contributed by atoms with Crippen molar-refractivity contribution in [1.29, 1.82) is 0 Å². The van der Waals surface area contributed by atoms with Crippen LogP contribution >= 0.6 is 0 Å². The molecule has 1 amide bonds. The van der Waals surface area contributed by atoms with Gasteiger partial charge in [-0.15, -0.1) is 0 Å². The number of H-pyrrole nitrogens is 1. The van der Waals surface area contributed by atoms with E-state index in [-0.39, 0.29) is 17.7 Å². The van der Waals surface area contributed by atoms with Crippen LogP contribution in [-0.2, 0) is 6.18 Å². The number of pyridine rings is 1. The van der Waals surface area contributed by atoms with E-state index < -0.39 is 11.9 Å². The highest BCUT2D eigenvalue weighted by Crippen LogP contribution is 2.52. The number of rotatable bonds is 4. The lowest BCUT2D eigenvalue weighted by Crippen LogP contribution is -2.32. The number of ether oxygens (including phenoxy) is 1. The molecule has 150 valence electrons. The minimum Gasteiger partial charge on any atom is -0.477 e. The number of benzene rings is 1. The fourth-order valence-electron chi connectivity index (χ4n) is 4.26. The van der Waals surface area contributed by atoms with Gasteiger partial charge in [-0.1, -0.05) is 12.1 Å². The van der Waals surface area contributed by atoms with Crippen LogP contribution in [0.25, 0.3) is 10.9 Å². The summed E-state index contributed by atoms with van der Waals surface area (Å²) < 4.78 is 43.7. The van der Waals surface area contributed by atoms with Gasteiger partial charge < -0.3 is 14.6 Å². The summed E-state index contributed by atoms with van der Waals surface area (Å²) in [5.41, 5.74) is 0.629. The van der Waals surface area contributed by atoms with E-state index in [1.807, 2.05) is 35.4 Å². The Morgan fingerprint density at radius 1 is 1.17 bits per heavy atom. The predicted octanol–water partition coefficient (Wildman–Crippen LogP) is 3.98. The third-order valence-corrected chi connectivity index (χ3v) is 5.90. The molecule has 1 unspecified atom stereocenters. The molecule has 3 aromatic rings. The number of fused-ring (bicyclic) bond motifs is 2. The van der Waals surface area contributed by atoms with Gasteiger partial charge in [0.25, 0.3) is 5.91 Å². The second kappa shape index (κ2) is 6.50. The molecule has 2 fully saturated rings. The van der Waals surface area contributed by atoms with E-state index >= 15 is 0 Å². The number of nitrogens with one attached hydrogen (secondary N) is 1. The van der Waals surface area contributed by atoms with Crippen LogP contribution in [0.1, 0.15) is 16.1 Å². The Kier molecular flexibility index (Phi) is 4.04. The summed E-state index contributed by atoms with van der Waals surface area (Å²) in [5, 5.41) is 1.06. The van der Waals surface area contributed by atoms with Gasteiger partial charge in [0.05, 0.1) is 6.61 Å². The number of aromatic nitrogens is 2. The standard InChI is InChI=1S/C21H18F3N3O2/c22-21(23,24)18-2-1-3-19(26-18)29-11-16-14-9-27(10-15(14)16)20(28)13-5-4-12-6-7-25-17(12)8-13/h1-8,14-16,25H,9-11H2/t14-,15+,16?. The molecule has 29 heavy (non-hydrogen) atoms. The molecular weight excluding hydrogens is 383 g/mol. The van der Waals surface area contributed by atoms with Gasteiger partial charge in [0.15, 0.2) is 0 Å². The molecule has 0 spiro atoms. The van der Waals surface area contributed by atoms with Crippen molar-refractivity contribution in [2.45, 2.75) is 6.18 Å². The maximum atomic E-state index is 12.8. The van der Waals surface area contributed by atoms with E-state index in [1.54, 1.807) is 0 Å². The maximum absolute atomic E-state index is 12.8. The summed E-state index contributed by atoms with van der Waals surface area (Å²) in [5.74, 6) is 0.907. The van der Waals surface area contributed by atoms with Gasteiger partial charge in [0, 0.05) is 42.4 Å². The van der Waals surface area contributed by atoms with Crippen molar-refractivity contribution in [3.8, 4) is 5.88 Å². The van der Waals surface area contributed by atoms with Crippen LogP contribution in [0.4, 0.5) is 13.2 Å². The average Bonchev–Trinajstić information content (AvgIpc) is 3.07. The molecule has 1 saturated carbocycles. The first-order valence-corrected chi connectivity index (χ1v) is 9.43. The molecule has 0 bridgehead atoms. The number of amides is 1. The molecule has 5 nitrogen and oxygen atoms in total. The Morgan fingerprint density at radius 3 is 2.72 bits per heavy atom. The molecule has 2 aromatic heterocycles. The van der Waals surface area contributed by atoms with Crippen LogP contribution in [0.2, 0.25) is 0 Å². The molecule has 1 N–H and O–H groups in total. The number of likely N-dealkylation sites (tertiary alicyclic amines) is 1. The number of aromatic amines is 1. The van der Waals surface area contributed by atoms with Gasteiger partial charge >= 0.3 is 6.18 Å². The van der Waals surface area contributed by atoms with E-state index in [2.05, 4.69) is 9.97 Å². The van der Waals surface area contributed by atoms with E-state index in [0.29, 0.717) is 37.1 Å². The zero-order valence-corrected chi connectivity index (χ0v) is 15.3. The molecular formula is C21H18F3N3O2. The van der Waals surface area contributed by atoms with Crippen LogP contribution in [0.5, 0.6) is 5.88 Å². The van der Waals surface area contributed by atoms with Gasteiger partial charge in [-0.25, -0.2) is 4.98 Å². The lowest BCUT2D eigenvalue weighted by Gasteiger charge is -2.20. The minimum atomic E-state index is -4.49. The molecule has 8 heteroatoms. The number of nitrogens with zero attached hydrogens (tertiary/aromatic N) is 2. The highest BCUT2D eigenvalue weighted by molar-refractivity contribution is 5.98. The van der Waals surface area contributed by atoms with Crippen molar-refractivity contribution in [1.82, 2.24) is 14.9 Å². The number of hydrogen-bond acceptors (Lipinski definition) is 3. The number of alkyl halides is 3. The zero-order valence-electron chi connectivity index (χ0n) is 15.3. The molecule has 2 aliphatic rings. The van der Waals surface area contributed by atoms with Crippen molar-refractivity contribution in [2.75, 3.05) is 19.7 Å². The molecule has 1 aliphatic heterocycles. The molecule has 3 atom stereocenters. The first kappa shape index (κ1) is 18.0. The topological polar surface area (TPSA) is 58.2 Å². The lowest BCUT2D eigenvalue weighted by atomic mass is 10.1. The minimum absolute atomic E-state index is 0.00733. The Morgan fingerprint density at radius 2 is 1.97 bits per heavy atom. The number of halogens is 3. The monoisotopic (exact) mass is 401 g/mol. The Bertz CT molecular complexity index is 1070. The van der Waals surface area contributed by atoms with Gasteiger partial charge in [-0.3, -0.25) is 4.79 Å². The molecule has 1 aromatic carbocycles. The highest BCUT2D eigenvalue weighted by atomic mass is 19.4. The molecule has 1 aliphatic carbocycles. The third kappa shape index (κ3) is 3.32. The average molecular weight is 401 g/mol. The summed E-state index contributed by atoms with van der Waals surface area (Å²) in [6.07, 6.45) is -2.65. The number of piperidine rings is 1. The number of carbonyl (C=O) groups excluding carboxylic acids is 1. The Balaban J connectivity index is 1.17. The molecule has 3 heterocycles. The van der Waals surface area contributed by atoms with Crippen LogP contribution in [0.15, 0.2) is 48.7 Å². The van der Waals surface area contributed by atoms with Crippen LogP contribution in [-0.4, -0.2) is 40.5 Å². The summed E-state index contributed by atoms with van der Waals surface area (Å²) in [6, 6.07) is 11.2. The summed E-state index contributed by atoms with van der Waals surface area (Å²) in [7, 11) is 0. The van der Waals surface area contributed by atoms with Crippen LogP contribution < -0.4 is 4.74 Å². The number of carbonyl (C=O) groups is 1. The van der Waals surface area contributed by atoms with E-state index in [0.717, 1.165) is 17.0 Å². The van der Waals surface area contributed by atoms with Crippen molar-refractivity contribution < 1.29 is 22.7 Å². The van der Waals surface area contributed by atoms with Crippen molar-refractivity contribution in [3.63, 3.8) is 0 Å². The summed E-state index contributed by atoms with van der Waals surface area (Å²) >= 11 is 0. The van der Waals surface area contributed by atoms with Gasteiger partial charge in [-0.05, 0) is 41.5 Å². The van der Waals surface area contributed by atoms with E-state index in [9.17, 15) is 18.0 Å². The summed E-state index contributed by atoms with van der Waals surface area (Å²) in [4.78, 5) is 21.2. The second-order valence-electron chi connectivity index (χ2n) is 7.65. The van der Waals surface area contributed by atoms with Gasteiger partial charge in [-0.2, -0.15) is 13.2 Å². The lowest BCUT2D eigenvalue weighted by molar-refractivity contribution is -0.141. The van der Waals surface area contributed by atoms with E-state index in [1.165, 1.54) is 12.1 Å². The fraction of sp³-hybridized carbons (Fsp3) is 0.333. The van der Waals surface area contributed by atoms with Crippen LogP contribution in [0.3, 0.4) is 0 Å². The summed E-state index contributed by atoms with van der Waals surface area (Å²) in [6.45, 7) is 1.62. The largest absolute Gasteiger partial charge is 0.477 e. The van der Waals surface area contributed by atoms with Gasteiger partial charge in [0.1, 0.15) is 5.69 Å². The Hall–Kier alpha value is -3.03. The second-order valence-corrected chi connectivity index (χ2v) is 7.65. The SMILES string of the molecule is O=C(c1ccc2cc[nH]c2c1)N1C[C@@H]2C(COc3cccc(C(F)(F)F)n3)[C@@H]2C1.